The van der Waals surface area contributed by atoms with Crippen molar-refractivity contribution < 1.29 is 9.90 Å². The molecule has 3 nitrogen and oxygen atoms in total. The van der Waals surface area contributed by atoms with Gasteiger partial charge in [-0.05, 0) is 37.1 Å². The monoisotopic (exact) mass is 215 g/mol. The average Bonchev–Trinajstić information content (AvgIpc) is 2.73. The summed E-state index contributed by atoms with van der Waals surface area (Å²) < 4.78 is 1.84. The second kappa shape index (κ2) is 3.85. The largest absolute Gasteiger partial charge is 0.478 e. The molecule has 0 aliphatic rings. The molecule has 0 spiro atoms. The summed E-state index contributed by atoms with van der Waals surface area (Å²) in [5.74, 6) is -0.884. The molecule has 1 heterocycles. The predicted molar refractivity (Wildman–Crippen MR) is 62.2 cm³/mol. The van der Waals surface area contributed by atoms with Gasteiger partial charge in [-0.15, -0.1) is 0 Å². The van der Waals surface area contributed by atoms with Crippen molar-refractivity contribution in [3.05, 3.63) is 53.3 Å². The Morgan fingerprint density at radius 2 is 1.69 bits per heavy atom. The number of nitrogens with zero attached hydrogens (tertiary/aromatic N) is 1. The molecule has 0 unspecified atom stereocenters. The maximum absolute atomic E-state index is 11.3. The first-order chi connectivity index (χ1) is 7.61. The van der Waals surface area contributed by atoms with Gasteiger partial charge in [-0.2, -0.15) is 0 Å². The second-order valence-electron chi connectivity index (χ2n) is 3.82. The van der Waals surface area contributed by atoms with Crippen LogP contribution in [0.3, 0.4) is 0 Å². The molecule has 0 saturated heterocycles. The molecule has 0 saturated carbocycles. The highest BCUT2D eigenvalue weighted by molar-refractivity contribution is 5.94. The fourth-order valence-electron chi connectivity index (χ4n) is 1.88. The van der Waals surface area contributed by atoms with E-state index in [1.54, 1.807) is 0 Å². The Kier molecular flexibility index (Phi) is 2.52. The fraction of sp³-hybridized carbons (Fsp3) is 0.154. The summed E-state index contributed by atoms with van der Waals surface area (Å²) >= 11 is 0. The van der Waals surface area contributed by atoms with Crippen molar-refractivity contribution in [2.75, 3.05) is 0 Å². The second-order valence-corrected chi connectivity index (χ2v) is 3.82. The molecule has 0 aliphatic heterocycles. The van der Waals surface area contributed by atoms with Crippen LogP contribution in [-0.4, -0.2) is 15.6 Å². The standard InChI is InChI=1S/C13H13NO2/c1-9-5-6-10(2)12(11(9)13(15)16)14-7-3-4-8-14/h3-8H,1-2H3,(H,15,16). The summed E-state index contributed by atoms with van der Waals surface area (Å²) in [7, 11) is 0. The molecular weight excluding hydrogens is 202 g/mol. The summed E-state index contributed by atoms with van der Waals surface area (Å²) in [5.41, 5.74) is 2.86. The van der Waals surface area contributed by atoms with Gasteiger partial charge in [0, 0.05) is 12.4 Å². The van der Waals surface area contributed by atoms with Crippen LogP contribution in [0.1, 0.15) is 21.5 Å². The molecular formula is C13H13NO2. The highest BCUT2D eigenvalue weighted by Gasteiger charge is 2.16. The van der Waals surface area contributed by atoms with Gasteiger partial charge >= 0.3 is 5.97 Å². The van der Waals surface area contributed by atoms with Crippen LogP contribution in [0.5, 0.6) is 0 Å². The minimum Gasteiger partial charge on any atom is -0.478 e. The molecule has 0 amide bonds. The lowest BCUT2D eigenvalue weighted by molar-refractivity contribution is 0.0696. The van der Waals surface area contributed by atoms with Gasteiger partial charge in [-0.3, -0.25) is 0 Å². The normalized spacial score (nSPS) is 10.4. The Balaban J connectivity index is 2.76. The summed E-state index contributed by atoms with van der Waals surface area (Å²) in [6.07, 6.45) is 3.71. The molecule has 1 N–H and O–H groups in total. The fourth-order valence-corrected chi connectivity index (χ4v) is 1.88. The third-order valence-corrected chi connectivity index (χ3v) is 2.66. The van der Waals surface area contributed by atoms with Gasteiger partial charge in [0.25, 0.3) is 0 Å². The topological polar surface area (TPSA) is 42.2 Å². The van der Waals surface area contributed by atoms with Gasteiger partial charge in [-0.1, -0.05) is 12.1 Å². The van der Waals surface area contributed by atoms with E-state index >= 15 is 0 Å². The molecule has 0 bridgehead atoms. The van der Waals surface area contributed by atoms with E-state index in [0.29, 0.717) is 5.56 Å². The lowest BCUT2D eigenvalue weighted by Gasteiger charge is -2.13. The first-order valence-electron chi connectivity index (χ1n) is 5.08. The number of carbonyl (C=O) groups is 1. The first-order valence-corrected chi connectivity index (χ1v) is 5.08. The molecule has 1 aromatic carbocycles. The number of carboxylic acids is 1. The van der Waals surface area contributed by atoms with Gasteiger partial charge in [0.15, 0.2) is 0 Å². The summed E-state index contributed by atoms with van der Waals surface area (Å²) in [6.45, 7) is 3.73. The first kappa shape index (κ1) is 10.5. The third-order valence-electron chi connectivity index (χ3n) is 2.66. The molecule has 0 radical (unpaired) electrons. The van der Waals surface area contributed by atoms with Crippen LogP contribution in [0.2, 0.25) is 0 Å². The van der Waals surface area contributed by atoms with E-state index in [4.69, 9.17) is 0 Å². The zero-order chi connectivity index (χ0) is 11.7. The number of carboxylic acid groups (broad SMARTS) is 1. The van der Waals surface area contributed by atoms with Crippen LogP contribution in [0, 0.1) is 13.8 Å². The minimum absolute atomic E-state index is 0.371. The lowest BCUT2D eigenvalue weighted by Crippen LogP contribution is -2.08. The molecule has 0 fully saturated rings. The van der Waals surface area contributed by atoms with Crippen molar-refractivity contribution in [1.29, 1.82) is 0 Å². The predicted octanol–water partition coefficient (Wildman–Crippen LogP) is 2.79. The van der Waals surface area contributed by atoms with Crippen molar-refractivity contribution in [2.45, 2.75) is 13.8 Å². The number of rotatable bonds is 2. The number of benzene rings is 1. The Morgan fingerprint density at radius 1 is 1.12 bits per heavy atom. The summed E-state index contributed by atoms with van der Waals surface area (Å²) in [4.78, 5) is 11.3. The quantitative estimate of drug-likeness (QED) is 0.837. The van der Waals surface area contributed by atoms with Gasteiger partial charge in [0.05, 0.1) is 11.3 Å². The van der Waals surface area contributed by atoms with E-state index in [-0.39, 0.29) is 0 Å². The van der Waals surface area contributed by atoms with Gasteiger partial charge in [0.2, 0.25) is 0 Å². The maximum Gasteiger partial charge on any atom is 0.338 e. The van der Waals surface area contributed by atoms with Gasteiger partial charge in [-0.25, -0.2) is 4.79 Å². The zero-order valence-electron chi connectivity index (χ0n) is 9.27. The average molecular weight is 215 g/mol. The minimum atomic E-state index is -0.884. The molecule has 2 aromatic rings. The maximum atomic E-state index is 11.3. The Hall–Kier alpha value is -2.03. The molecule has 0 atom stereocenters. The van der Waals surface area contributed by atoms with Gasteiger partial charge in [0.1, 0.15) is 0 Å². The van der Waals surface area contributed by atoms with E-state index in [2.05, 4.69) is 0 Å². The number of hydrogen-bond acceptors (Lipinski definition) is 1. The van der Waals surface area contributed by atoms with E-state index in [9.17, 15) is 9.90 Å². The molecule has 2 rings (SSSR count). The third kappa shape index (κ3) is 1.60. The Bertz CT molecular complexity index is 527. The van der Waals surface area contributed by atoms with Crippen molar-refractivity contribution in [3.8, 4) is 5.69 Å². The molecule has 0 aliphatic carbocycles. The van der Waals surface area contributed by atoms with E-state index in [0.717, 1.165) is 16.8 Å². The Labute approximate surface area is 94.0 Å². The van der Waals surface area contributed by atoms with Crippen LogP contribution in [0.15, 0.2) is 36.7 Å². The van der Waals surface area contributed by atoms with E-state index < -0.39 is 5.97 Å². The van der Waals surface area contributed by atoms with Crippen LogP contribution < -0.4 is 0 Å². The van der Waals surface area contributed by atoms with Crippen molar-refractivity contribution in [1.82, 2.24) is 4.57 Å². The van der Waals surface area contributed by atoms with Crippen molar-refractivity contribution >= 4 is 5.97 Å². The number of aromatic nitrogens is 1. The number of aryl methyl sites for hydroxylation is 2. The smallest absolute Gasteiger partial charge is 0.338 e. The highest BCUT2D eigenvalue weighted by atomic mass is 16.4. The van der Waals surface area contributed by atoms with E-state index in [1.165, 1.54) is 0 Å². The Morgan fingerprint density at radius 3 is 2.25 bits per heavy atom. The molecule has 3 heteroatoms. The van der Waals surface area contributed by atoms with Crippen LogP contribution >= 0.6 is 0 Å². The van der Waals surface area contributed by atoms with Crippen LogP contribution in [-0.2, 0) is 0 Å². The molecule has 1 aromatic heterocycles. The zero-order valence-corrected chi connectivity index (χ0v) is 9.27. The summed E-state index contributed by atoms with van der Waals surface area (Å²) in [6, 6.07) is 7.55. The van der Waals surface area contributed by atoms with Crippen molar-refractivity contribution in [3.63, 3.8) is 0 Å². The van der Waals surface area contributed by atoms with Gasteiger partial charge < -0.3 is 9.67 Å². The lowest BCUT2D eigenvalue weighted by atomic mass is 10.0. The van der Waals surface area contributed by atoms with Crippen LogP contribution in [0.25, 0.3) is 5.69 Å². The van der Waals surface area contributed by atoms with Crippen LogP contribution in [0.4, 0.5) is 0 Å². The van der Waals surface area contributed by atoms with E-state index in [1.807, 2.05) is 55.1 Å². The van der Waals surface area contributed by atoms with Crippen molar-refractivity contribution in [2.24, 2.45) is 0 Å². The molecule has 16 heavy (non-hydrogen) atoms. The summed E-state index contributed by atoms with van der Waals surface area (Å²) in [5, 5.41) is 9.26. The molecule has 82 valence electrons. The number of hydrogen-bond donors (Lipinski definition) is 1. The SMILES string of the molecule is Cc1ccc(C)c(-n2cccc2)c1C(=O)O. The highest BCUT2D eigenvalue weighted by Crippen LogP contribution is 2.23. The number of aromatic carboxylic acids is 1.